The number of hydrogen-bond acceptors (Lipinski definition) is 4. The monoisotopic (exact) mass is 333 g/mol. The number of aromatic nitrogens is 2. The van der Waals surface area contributed by atoms with Crippen molar-refractivity contribution in [2.24, 2.45) is 5.92 Å². The van der Waals surface area contributed by atoms with E-state index in [1.165, 1.54) is 32.1 Å². The summed E-state index contributed by atoms with van der Waals surface area (Å²) in [5.74, 6) is 1.62. The number of hydrogen-bond donors (Lipinski definition) is 2. The largest absolute Gasteiger partial charge is 0.505 e. The minimum atomic E-state index is 0.0432. The first-order valence-electron chi connectivity index (χ1n) is 9.07. The Labute approximate surface area is 148 Å². The summed E-state index contributed by atoms with van der Waals surface area (Å²) in [6, 6.07) is 13.9. The van der Waals surface area contributed by atoms with Gasteiger partial charge >= 0.3 is 0 Å². The van der Waals surface area contributed by atoms with Crippen LogP contribution in [0.3, 0.4) is 0 Å². The quantitative estimate of drug-likeness (QED) is 0.700. The van der Waals surface area contributed by atoms with E-state index in [1.54, 1.807) is 12.4 Å². The van der Waals surface area contributed by atoms with Crippen LogP contribution < -0.4 is 5.32 Å². The maximum absolute atomic E-state index is 10.9. The molecule has 0 saturated heterocycles. The van der Waals surface area contributed by atoms with Gasteiger partial charge in [0, 0.05) is 23.3 Å². The average molecular weight is 333 g/mol. The summed E-state index contributed by atoms with van der Waals surface area (Å²) in [6.45, 7) is 0. The number of nitrogens with zero attached hydrogens (tertiary/aromatic N) is 2. The summed E-state index contributed by atoms with van der Waals surface area (Å²) in [7, 11) is 0. The van der Waals surface area contributed by atoms with E-state index >= 15 is 0 Å². The van der Waals surface area contributed by atoms with Gasteiger partial charge in [-0.15, -0.1) is 0 Å². The van der Waals surface area contributed by atoms with Crippen LogP contribution >= 0.6 is 0 Å². The summed E-state index contributed by atoms with van der Waals surface area (Å²) in [6.07, 6.45) is 9.66. The van der Waals surface area contributed by atoms with Gasteiger partial charge in [-0.1, -0.05) is 43.5 Å². The first-order valence-corrected chi connectivity index (χ1v) is 9.07. The van der Waals surface area contributed by atoms with E-state index in [0.717, 1.165) is 16.8 Å². The highest BCUT2D eigenvalue weighted by molar-refractivity contribution is 5.85. The zero-order chi connectivity index (χ0) is 17.1. The number of nitrogens with one attached hydrogen (secondary N) is 1. The summed E-state index contributed by atoms with van der Waals surface area (Å²) in [4.78, 5) is 8.81. The molecule has 1 aliphatic rings. The first-order chi connectivity index (χ1) is 12.3. The van der Waals surface area contributed by atoms with Crippen molar-refractivity contribution in [3.63, 3.8) is 0 Å². The van der Waals surface area contributed by atoms with E-state index in [1.807, 2.05) is 42.5 Å². The number of anilines is 1. The SMILES string of the molecule is Oc1c(C(Nc2ccccn2)C2CCCCC2)ccc2cccnc12. The van der Waals surface area contributed by atoms with Crippen molar-refractivity contribution in [1.29, 1.82) is 0 Å². The van der Waals surface area contributed by atoms with Crippen LogP contribution in [0.4, 0.5) is 5.82 Å². The van der Waals surface area contributed by atoms with Crippen LogP contribution in [0.15, 0.2) is 54.9 Å². The third-order valence-corrected chi connectivity index (χ3v) is 5.20. The van der Waals surface area contributed by atoms with Crippen LogP contribution in [-0.2, 0) is 0 Å². The summed E-state index contributed by atoms with van der Waals surface area (Å²) in [5.41, 5.74) is 1.59. The molecule has 2 N–H and O–H groups in total. The molecule has 0 amide bonds. The Morgan fingerprint density at radius 3 is 2.56 bits per heavy atom. The van der Waals surface area contributed by atoms with E-state index in [-0.39, 0.29) is 11.8 Å². The lowest BCUT2D eigenvalue weighted by molar-refractivity contribution is 0.315. The Hall–Kier alpha value is -2.62. The highest BCUT2D eigenvalue weighted by atomic mass is 16.3. The molecule has 1 aromatic carbocycles. The molecule has 0 spiro atoms. The maximum atomic E-state index is 10.9. The molecule has 4 heteroatoms. The van der Waals surface area contributed by atoms with Crippen molar-refractivity contribution in [2.75, 3.05) is 5.32 Å². The minimum absolute atomic E-state index is 0.0432. The lowest BCUT2D eigenvalue weighted by Crippen LogP contribution is -2.23. The van der Waals surface area contributed by atoms with Gasteiger partial charge < -0.3 is 10.4 Å². The number of rotatable bonds is 4. The van der Waals surface area contributed by atoms with Crippen molar-refractivity contribution < 1.29 is 5.11 Å². The molecule has 0 aliphatic heterocycles. The zero-order valence-electron chi connectivity index (χ0n) is 14.2. The van der Waals surface area contributed by atoms with Gasteiger partial charge in [0.05, 0.1) is 6.04 Å². The molecule has 2 heterocycles. The fourth-order valence-electron chi connectivity index (χ4n) is 3.92. The van der Waals surface area contributed by atoms with Crippen molar-refractivity contribution in [2.45, 2.75) is 38.1 Å². The second kappa shape index (κ2) is 7.09. The summed E-state index contributed by atoms with van der Waals surface area (Å²) >= 11 is 0. The predicted molar refractivity (Wildman–Crippen MR) is 101 cm³/mol. The minimum Gasteiger partial charge on any atom is -0.505 e. The number of aromatic hydroxyl groups is 1. The Balaban J connectivity index is 1.75. The first kappa shape index (κ1) is 15.9. The highest BCUT2D eigenvalue weighted by Crippen LogP contribution is 2.41. The standard InChI is InChI=1S/C21H23N3O/c25-21-17(12-11-16-9-6-14-23-20(16)21)19(15-7-2-1-3-8-15)24-18-10-4-5-13-22-18/h4-6,9-15,19,25H,1-3,7-8H2,(H,22,24). The molecule has 1 atom stereocenters. The third kappa shape index (κ3) is 3.29. The lowest BCUT2D eigenvalue weighted by Gasteiger charge is -2.32. The zero-order valence-corrected chi connectivity index (χ0v) is 14.2. The van der Waals surface area contributed by atoms with Gasteiger partial charge in [-0.2, -0.15) is 0 Å². The fourth-order valence-corrected chi connectivity index (χ4v) is 3.92. The normalized spacial score (nSPS) is 16.6. The van der Waals surface area contributed by atoms with Gasteiger partial charge in [0.15, 0.2) is 0 Å². The number of pyridine rings is 2. The smallest absolute Gasteiger partial charge is 0.147 e. The van der Waals surface area contributed by atoms with E-state index in [0.29, 0.717) is 11.4 Å². The average Bonchev–Trinajstić information content (AvgIpc) is 2.69. The predicted octanol–water partition coefficient (Wildman–Crippen LogP) is 5.07. The molecule has 128 valence electrons. The Bertz CT molecular complexity index is 844. The Morgan fingerprint density at radius 2 is 1.76 bits per heavy atom. The molecule has 3 aromatic rings. The van der Waals surface area contributed by atoms with E-state index < -0.39 is 0 Å². The third-order valence-electron chi connectivity index (χ3n) is 5.20. The topological polar surface area (TPSA) is 58.0 Å². The molecule has 1 aliphatic carbocycles. The van der Waals surface area contributed by atoms with Crippen LogP contribution in [0.2, 0.25) is 0 Å². The van der Waals surface area contributed by atoms with Gasteiger partial charge in [0.1, 0.15) is 17.1 Å². The van der Waals surface area contributed by atoms with Crippen LogP contribution in [-0.4, -0.2) is 15.1 Å². The summed E-state index contributed by atoms with van der Waals surface area (Å²) in [5, 5.41) is 15.4. The van der Waals surface area contributed by atoms with Crippen LogP contribution in [0.1, 0.15) is 43.7 Å². The number of phenols is 1. The van der Waals surface area contributed by atoms with Crippen LogP contribution in [0, 0.1) is 5.92 Å². The van der Waals surface area contributed by atoms with Gasteiger partial charge in [-0.05, 0) is 37.0 Å². The van der Waals surface area contributed by atoms with Crippen LogP contribution in [0.5, 0.6) is 5.75 Å². The van der Waals surface area contributed by atoms with Gasteiger partial charge in [0.2, 0.25) is 0 Å². The molecular weight excluding hydrogens is 310 g/mol. The molecule has 1 fully saturated rings. The van der Waals surface area contributed by atoms with E-state index in [2.05, 4.69) is 15.3 Å². The Morgan fingerprint density at radius 1 is 0.920 bits per heavy atom. The molecule has 4 nitrogen and oxygen atoms in total. The molecule has 0 bridgehead atoms. The van der Waals surface area contributed by atoms with Crippen molar-refractivity contribution in [3.05, 3.63) is 60.4 Å². The second-order valence-electron chi connectivity index (χ2n) is 6.81. The molecule has 4 rings (SSSR count). The van der Waals surface area contributed by atoms with Gasteiger partial charge in [-0.3, -0.25) is 4.98 Å². The van der Waals surface area contributed by atoms with Gasteiger partial charge in [0.25, 0.3) is 0 Å². The molecule has 2 aromatic heterocycles. The van der Waals surface area contributed by atoms with E-state index in [4.69, 9.17) is 0 Å². The van der Waals surface area contributed by atoms with Crippen LogP contribution in [0.25, 0.3) is 10.9 Å². The van der Waals surface area contributed by atoms with Crippen molar-refractivity contribution in [3.8, 4) is 5.75 Å². The number of phenolic OH excluding ortho intramolecular Hbond substituents is 1. The molecule has 25 heavy (non-hydrogen) atoms. The molecular formula is C21H23N3O. The second-order valence-corrected chi connectivity index (χ2v) is 6.81. The van der Waals surface area contributed by atoms with Gasteiger partial charge in [-0.25, -0.2) is 4.98 Å². The maximum Gasteiger partial charge on any atom is 0.147 e. The summed E-state index contributed by atoms with van der Waals surface area (Å²) < 4.78 is 0. The molecule has 1 unspecified atom stereocenters. The molecule has 0 radical (unpaired) electrons. The van der Waals surface area contributed by atoms with E-state index in [9.17, 15) is 5.11 Å². The lowest BCUT2D eigenvalue weighted by atomic mass is 9.80. The molecule has 1 saturated carbocycles. The highest BCUT2D eigenvalue weighted by Gasteiger charge is 2.28. The Kier molecular flexibility index (Phi) is 4.51. The number of fused-ring (bicyclic) bond motifs is 1. The number of benzene rings is 1. The fraction of sp³-hybridized carbons (Fsp3) is 0.333. The van der Waals surface area contributed by atoms with Crippen molar-refractivity contribution >= 4 is 16.7 Å². The van der Waals surface area contributed by atoms with Crippen molar-refractivity contribution in [1.82, 2.24) is 9.97 Å².